The van der Waals surface area contributed by atoms with Crippen LogP contribution < -0.4 is 0 Å². The molecule has 192 valence electrons. The highest BCUT2D eigenvalue weighted by molar-refractivity contribution is 5.69. The molecule has 1 heterocycles. The van der Waals surface area contributed by atoms with Crippen LogP contribution in [0.25, 0.3) is 11.1 Å². The molecular formula is C26H31F4NO4. The summed E-state index contributed by atoms with van der Waals surface area (Å²) in [6.45, 7) is 9.29. The number of carbonyl (C=O) groups excluding carboxylic acids is 1. The van der Waals surface area contributed by atoms with Crippen molar-refractivity contribution in [3.05, 3.63) is 58.7 Å². The van der Waals surface area contributed by atoms with Gasteiger partial charge in [0.2, 0.25) is 0 Å². The fourth-order valence-electron chi connectivity index (χ4n) is 4.36. The Labute approximate surface area is 202 Å². The van der Waals surface area contributed by atoms with Gasteiger partial charge < -0.3 is 19.8 Å². The predicted molar refractivity (Wildman–Crippen MR) is 123 cm³/mol. The molecule has 1 amide bonds. The number of carbonyl (C=O) groups is 1. The van der Waals surface area contributed by atoms with E-state index in [4.69, 9.17) is 4.74 Å². The van der Waals surface area contributed by atoms with E-state index in [2.05, 4.69) is 0 Å². The molecule has 0 radical (unpaired) electrons. The minimum atomic E-state index is -2.24. The van der Waals surface area contributed by atoms with Crippen LogP contribution in [0.5, 0.6) is 0 Å². The maximum absolute atomic E-state index is 15.9. The molecule has 2 atom stereocenters. The Morgan fingerprint density at radius 1 is 1.03 bits per heavy atom. The van der Waals surface area contributed by atoms with Crippen molar-refractivity contribution >= 4 is 6.09 Å². The summed E-state index contributed by atoms with van der Waals surface area (Å²) in [6, 6.07) is 3.14. The van der Waals surface area contributed by atoms with E-state index in [0.717, 1.165) is 18.2 Å². The topological polar surface area (TPSA) is 70.0 Å². The van der Waals surface area contributed by atoms with Crippen LogP contribution in [-0.4, -0.2) is 46.0 Å². The quantitative estimate of drug-likeness (QED) is 0.546. The molecule has 0 spiro atoms. The summed E-state index contributed by atoms with van der Waals surface area (Å²) in [5.74, 6) is -3.89. The number of aliphatic hydroxyl groups is 2. The van der Waals surface area contributed by atoms with Crippen molar-refractivity contribution in [3.8, 4) is 11.1 Å². The number of hydrogen-bond acceptors (Lipinski definition) is 4. The zero-order valence-corrected chi connectivity index (χ0v) is 20.7. The van der Waals surface area contributed by atoms with Crippen LogP contribution in [0.4, 0.5) is 22.4 Å². The number of likely N-dealkylation sites (tertiary alicyclic amines) is 1. The van der Waals surface area contributed by atoms with Crippen molar-refractivity contribution in [1.82, 2.24) is 4.90 Å². The van der Waals surface area contributed by atoms with Gasteiger partial charge >= 0.3 is 6.09 Å². The summed E-state index contributed by atoms with van der Waals surface area (Å²) in [5.41, 5.74) is -5.85. The molecule has 0 bridgehead atoms. The highest BCUT2D eigenvalue weighted by Gasteiger charge is 2.49. The van der Waals surface area contributed by atoms with E-state index >= 15 is 8.78 Å². The van der Waals surface area contributed by atoms with E-state index in [1.54, 1.807) is 41.5 Å². The van der Waals surface area contributed by atoms with Gasteiger partial charge in [-0.3, -0.25) is 0 Å². The highest BCUT2D eigenvalue weighted by atomic mass is 19.1. The van der Waals surface area contributed by atoms with Gasteiger partial charge in [-0.1, -0.05) is 20.8 Å². The summed E-state index contributed by atoms with van der Waals surface area (Å²) < 4.78 is 65.1. The van der Waals surface area contributed by atoms with E-state index in [1.807, 2.05) is 0 Å². The monoisotopic (exact) mass is 497 g/mol. The first-order chi connectivity index (χ1) is 16.0. The average molecular weight is 498 g/mol. The van der Waals surface area contributed by atoms with E-state index in [0.29, 0.717) is 6.07 Å². The summed E-state index contributed by atoms with van der Waals surface area (Å²) >= 11 is 0. The second-order valence-corrected chi connectivity index (χ2v) is 11.0. The van der Waals surface area contributed by atoms with E-state index < -0.39 is 68.8 Å². The molecule has 2 aromatic carbocycles. The molecule has 0 aliphatic carbocycles. The Kier molecular flexibility index (Phi) is 7.00. The molecule has 2 N–H and O–H groups in total. The number of ether oxygens (including phenoxy) is 1. The van der Waals surface area contributed by atoms with Gasteiger partial charge in [-0.05, 0) is 50.5 Å². The van der Waals surface area contributed by atoms with E-state index in [9.17, 15) is 23.8 Å². The number of piperidine rings is 1. The van der Waals surface area contributed by atoms with Crippen molar-refractivity contribution in [2.45, 2.75) is 70.7 Å². The first kappa shape index (κ1) is 26.9. The molecular weight excluding hydrogens is 466 g/mol. The molecule has 1 aliphatic heterocycles. The Morgan fingerprint density at radius 3 is 2.20 bits per heavy atom. The van der Waals surface area contributed by atoms with Gasteiger partial charge in [0, 0.05) is 35.2 Å². The maximum Gasteiger partial charge on any atom is 0.410 e. The van der Waals surface area contributed by atoms with E-state index in [-0.39, 0.29) is 25.1 Å². The Hall–Kier alpha value is -2.65. The van der Waals surface area contributed by atoms with Gasteiger partial charge in [0.05, 0.1) is 6.54 Å². The fourth-order valence-corrected chi connectivity index (χ4v) is 4.36. The molecule has 35 heavy (non-hydrogen) atoms. The number of amides is 1. The molecule has 1 fully saturated rings. The molecule has 1 aliphatic rings. The third-order valence-electron chi connectivity index (χ3n) is 5.98. The zero-order valence-electron chi connectivity index (χ0n) is 20.7. The standard InChI is InChI=1S/C26H31F4NO4/c1-24(2,3)21-20(18(29)12-16(22(21)30)15-11-14(27)7-8-17(15)28)26(34)9-10-31(13-19(26)32)23(33)35-25(4,5)6/h7-8,11-12,19,32,34H,9-10,13H2,1-6H3/t19-,26+/m1/s1. The number of aliphatic hydroxyl groups excluding tert-OH is 1. The van der Waals surface area contributed by atoms with Gasteiger partial charge in [-0.15, -0.1) is 0 Å². The normalized spacial score (nSPS) is 21.3. The van der Waals surface area contributed by atoms with Gasteiger partial charge in [0.25, 0.3) is 0 Å². The molecule has 9 heteroatoms. The first-order valence-electron chi connectivity index (χ1n) is 11.3. The van der Waals surface area contributed by atoms with Crippen molar-refractivity contribution in [2.75, 3.05) is 13.1 Å². The molecule has 5 nitrogen and oxygen atoms in total. The van der Waals surface area contributed by atoms with Crippen molar-refractivity contribution in [1.29, 1.82) is 0 Å². The third-order valence-corrected chi connectivity index (χ3v) is 5.98. The van der Waals surface area contributed by atoms with Gasteiger partial charge in [0.1, 0.15) is 40.6 Å². The lowest BCUT2D eigenvalue weighted by Gasteiger charge is -2.44. The molecule has 3 rings (SSSR count). The van der Waals surface area contributed by atoms with Crippen LogP contribution in [0, 0.1) is 23.3 Å². The number of hydrogen-bond donors (Lipinski definition) is 2. The summed E-state index contributed by atoms with van der Waals surface area (Å²) in [4.78, 5) is 13.6. The molecule has 0 unspecified atom stereocenters. The lowest BCUT2D eigenvalue weighted by Crippen LogP contribution is -2.56. The molecule has 1 saturated heterocycles. The number of nitrogens with zero attached hydrogens (tertiary/aromatic N) is 1. The maximum atomic E-state index is 15.9. The van der Waals surface area contributed by atoms with Crippen LogP contribution in [0.1, 0.15) is 59.1 Å². The van der Waals surface area contributed by atoms with Crippen molar-refractivity contribution in [3.63, 3.8) is 0 Å². The first-order valence-corrected chi connectivity index (χ1v) is 11.3. The van der Waals surface area contributed by atoms with Crippen LogP contribution in [0.3, 0.4) is 0 Å². The minimum absolute atomic E-state index is 0.0899. The number of rotatable bonds is 2. The average Bonchev–Trinajstić information content (AvgIpc) is 2.70. The van der Waals surface area contributed by atoms with Gasteiger partial charge in [-0.2, -0.15) is 0 Å². The van der Waals surface area contributed by atoms with Gasteiger partial charge in [-0.25, -0.2) is 22.4 Å². The smallest absolute Gasteiger partial charge is 0.410 e. The Morgan fingerprint density at radius 2 is 1.66 bits per heavy atom. The highest BCUT2D eigenvalue weighted by Crippen LogP contribution is 2.45. The lowest BCUT2D eigenvalue weighted by atomic mass is 9.72. The van der Waals surface area contributed by atoms with Crippen LogP contribution in [0.2, 0.25) is 0 Å². The molecule has 0 saturated carbocycles. The minimum Gasteiger partial charge on any atom is -0.444 e. The third kappa shape index (κ3) is 5.30. The fraction of sp³-hybridized carbons (Fsp3) is 0.500. The Balaban J connectivity index is 2.12. The second kappa shape index (κ2) is 9.09. The number of β-amino-alcohol motifs (C(OH)–C–C–N with tert-alkyl or cyclic N) is 1. The predicted octanol–water partition coefficient (Wildman–Crippen LogP) is 5.40. The zero-order chi connectivity index (χ0) is 26.5. The summed E-state index contributed by atoms with van der Waals surface area (Å²) in [7, 11) is 0. The van der Waals surface area contributed by atoms with Crippen molar-refractivity contribution < 1.29 is 37.3 Å². The largest absolute Gasteiger partial charge is 0.444 e. The summed E-state index contributed by atoms with van der Waals surface area (Å²) in [5, 5.41) is 22.4. The molecule has 2 aromatic rings. The van der Waals surface area contributed by atoms with E-state index in [1.165, 1.54) is 4.90 Å². The lowest BCUT2D eigenvalue weighted by molar-refractivity contribution is -0.125. The summed E-state index contributed by atoms with van der Waals surface area (Å²) in [6.07, 6.45) is -2.69. The van der Waals surface area contributed by atoms with Crippen LogP contribution >= 0.6 is 0 Å². The van der Waals surface area contributed by atoms with Crippen LogP contribution in [-0.2, 0) is 15.8 Å². The van der Waals surface area contributed by atoms with Gasteiger partial charge in [0.15, 0.2) is 0 Å². The molecule has 0 aromatic heterocycles. The number of benzene rings is 2. The number of halogens is 4. The SMILES string of the molecule is CC(C)(C)OC(=O)N1CC[C@@](O)(c2c(F)cc(-c3cc(F)ccc3F)c(F)c2C(C)(C)C)[C@H](O)C1. The van der Waals surface area contributed by atoms with Crippen molar-refractivity contribution in [2.24, 2.45) is 0 Å². The second-order valence-electron chi connectivity index (χ2n) is 11.0. The van der Waals surface area contributed by atoms with Crippen LogP contribution in [0.15, 0.2) is 24.3 Å². The Bertz CT molecular complexity index is 1140.